The van der Waals surface area contributed by atoms with Crippen LogP contribution >= 0.6 is 7.82 Å². The molecule has 0 aliphatic heterocycles. The Balaban J connectivity index is 4.02. The Labute approximate surface area is 240 Å². The molecule has 0 bridgehead atoms. The van der Waals surface area contributed by atoms with Gasteiger partial charge in [-0.05, 0) is 26.2 Å². The van der Waals surface area contributed by atoms with E-state index in [0.717, 1.165) is 25.7 Å². The summed E-state index contributed by atoms with van der Waals surface area (Å²) < 4.78 is 34.8. The molecular formula is C30H63NO7P+. The lowest BCUT2D eigenvalue weighted by molar-refractivity contribution is -0.870. The topological polar surface area (TPSA) is 91.3 Å². The number of likely N-dealkylation sites (N-methyl/N-ethyl adjacent to an activating group) is 1. The number of nitrogens with zero attached hydrogens (tertiary/aromatic N) is 1. The quantitative estimate of drug-likeness (QED) is 0.0535. The molecule has 0 saturated carbocycles. The molecule has 0 spiro atoms. The molecule has 0 saturated heterocycles. The van der Waals surface area contributed by atoms with Gasteiger partial charge in [-0.25, -0.2) is 4.57 Å². The fourth-order valence-corrected chi connectivity index (χ4v) is 4.87. The number of ketones is 1. The van der Waals surface area contributed by atoms with E-state index in [1.807, 2.05) is 21.1 Å². The zero-order valence-corrected chi connectivity index (χ0v) is 27.0. The van der Waals surface area contributed by atoms with Crippen LogP contribution in [0.15, 0.2) is 0 Å². The van der Waals surface area contributed by atoms with E-state index in [2.05, 4.69) is 6.92 Å². The van der Waals surface area contributed by atoms with Crippen LogP contribution in [-0.2, 0) is 27.9 Å². The van der Waals surface area contributed by atoms with Gasteiger partial charge >= 0.3 is 7.82 Å². The summed E-state index contributed by atoms with van der Waals surface area (Å²) in [6.07, 6.45) is 20.0. The molecule has 0 aromatic rings. The Kier molecular flexibility index (Phi) is 25.2. The molecule has 39 heavy (non-hydrogen) atoms. The number of unbranched alkanes of at least 4 members (excludes halogenated alkanes) is 14. The number of rotatable bonds is 30. The van der Waals surface area contributed by atoms with Crippen LogP contribution in [0.25, 0.3) is 0 Å². The molecule has 0 aromatic carbocycles. The molecule has 9 heteroatoms. The molecule has 2 unspecified atom stereocenters. The van der Waals surface area contributed by atoms with Crippen molar-refractivity contribution in [3.8, 4) is 0 Å². The van der Waals surface area contributed by atoms with Gasteiger partial charge in [0.1, 0.15) is 25.0 Å². The third kappa shape index (κ3) is 30.4. The summed E-state index contributed by atoms with van der Waals surface area (Å²) in [6, 6.07) is 0. The molecule has 0 aromatic heterocycles. The molecule has 0 fully saturated rings. The summed E-state index contributed by atoms with van der Waals surface area (Å²) in [4.78, 5) is 21.1. The van der Waals surface area contributed by atoms with E-state index in [4.69, 9.17) is 18.5 Å². The maximum Gasteiger partial charge on any atom is 0.472 e. The zero-order chi connectivity index (χ0) is 29.2. The lowest BCUT2D eigenvalue weighted by atomic mass is 10.0. The molecule has 0 amide bonds. The van der Waals surface area contributed by atoms with Gasteiger partial charge in [-0.15, -0.1) is 0 Å². The molecule has 2 atom stereocenters. The highest BCUT2D eigenvalue weighted by atomic mass is 31.2. The predicted octanol–water partition coefficient (Wildman–Crippen LogP) is 7.47. The summed E-state index contributed by atoms with van der Waals surface area (Å²) in [7, 11) is 1.80. The molecular weight excluding hydrogens is 517 g/mol. The van der Waals surface area contributed by atoms with E-state index >= 15 is 0 Å². The largest absolute Gasteiger partial charge is 0.472 e. The SMILES string of the molecule is CCCCCCCCCCCCCCCCOCC(COP(=O)(O)OCC[N+](C)(C)C)OCCCCC(C)=O. The first-order valence-corrected chi connectivity index (χ1v) is 17.2. The second kappa shape index (κ2) is 25.4. The Morgan fingerprint density at radius 3 is 1.74 bits per heavy atom. The summed E-state index contributed by atoms with van der Waals surface area (Å²) in [5.74, 6) is 0.165. The van der Waals surface area contributed by atoms with Gasteiger partial charge in [0, 0.05) is 19.6 Å². The summed E-state index contributed by atoms with van der Waals surface area (Å²) in [5.41, 5.74) is 0. The molecule has 0 aliphatic rings. The number of hydrogen-bond donors (Lipinski definition) is 1. The Bertz CT molecular complexity index is 613. The van der Waals surface area contributed by atoms with E-state index in [1.165, 1.54) is 77.0 Å². The number of carbonyl (C=O) groups is 1. The summed E-state index contributed by atoms with van der Waals surface area (Å²) >= 11 is 0. The third-order valence-corrected chi connectivity index (χ3v) is 7.65. The number of ether oxygens (including phenoxy) is 2. The van der Waals surface area contributed by atoms with Gasteiger partial charge in [-0.2, -0.15) is 0 Å². The molecule has 234 valence electrons. The average molecular weight is 581 g/mol. The fraction of sp³-hybridized carbons (Fsp3) is 0.967. The molecule has 0 rings (SSSR count). The van der Waals surface area contributed by atoms with E-state index in [0.29, 0.717) is 37.3 Å². The minimum Gasteiger partial charge on any atom is -0.379 e. The molecule has 1 N–H and O–H groups in total. The molecule has 0 radical (unpaired) electrons. The molecule has 0 heterocycles. The normalized spacial score (nSPS) is 14.4. The van der Waals surface area contributed by atoms with Crippen molar-refractivity contribution in [2.75, 3.05) is 60.7 Å². The monoisotopic (exact) mass is 580 g/mol. The van der Waals surface area contributed by atoms with Crippen LogP contribution < -0.4 is 0 Å². The predicted molar refractivity (Wildman–Crippen MR) is 160 cm³/mol. The minimum atomic E-state index is -4.16. The fourth-order valence-electron chi connectivity index (χ4n) is 4.13. The highest BCUT2D eigenvalue weighted by molar-refractivity contribution is 7.47. The van der Waals surface area contributed by atoms with Crippen LogP contribution in [0, 0.1) is 0 Å². The number of phosphoric ester groups is 1. The first-order valence-electron chi connectivity index (χ1n) is 15.7. The standard InChI is InChI=1S/C30H62NO7P/c1-6-7-8-9-10-11-12-13-14-15-16-17-18-20-24-35-27-30(36-25-21-19-22-29(2)32)28-38-39(33,34)37-26-23-31(3,4)5/h30H,6-28H2,1-5H3/p+1. The van der Waals surface area contributed by atoms with Crippen molar-refractivity contribution in [2.24, 2.45) is 0 Å². The highest BCUT2D eigenvalue weighted by Gasteiger charge is 2.25. The van der Waals surface area contributed by atoms with Crippen molar-refractivity contribution in [1.82, 2.24) is 0 Å². The number of phosphoric acid groups is 1. The maximum atomic E-state index is 12.2. The van der Waals surface area contributed by atoms with Crippen molar-refractivity contribution in [1.29, 1.82) is 0 Å². The van der Waals surface area contributed by atoms with Crippen molar-refractivity contribution in [3.63, 3.8) is 0 Å². The van der Waals surface area contributed by atoms with Gasteiger partial charge in [0.15, 0.2) is 0 Å². The van der Waals surface area contributed by atoms with E-state index in [1.54, 1.807) is 6.92 Å². The van der Waals surface area contributed by atoms with Crippen LogP contribution in [0.4, 0.5) is 0 Å². The van der Waals surface area contributed by atoms with Gasteiger partial charge in [-0.3, -0.25) is 9.05 Å². The second-order valence-corrected chi connectivity index (χ2v) is 13.4. The number of carbonyl (C=O) groups excluding carboxylic acids is 1. The lowest BCUT2D eigenvalue weighted by Gasteiger charge is -2.24. The Morgan fingerprint density at radius 1 is 0.718 bits per heavy atom. The number of Topliss-reactive ketones (excluding diaryl/α,β-unsaturated/α-hetero) is 1. The van der Waals surface area contributed by atoms with Gasteiger partial charge in [0.25, 0.3) is 0 Å². The minimum absolute atomic E-state index is 0.0798. The first kappa shape index (κ1) is 38.7. The molecule has 0 aliphatic carbocycles. The van der Waals surface area contributed by atoms with Crippen molar-refractivity contribution >= 4 is 13.6 Å². The van der Waals surface area contributed by atoms with Crippen LogP contribution in [0.2, 0.25) is 0 Å². The van der Waals surface area contributed by atoms with Gasteiger partial charge < -0.3 is 23.6 Å². The molecule has 8 nitrogen and oxygen atoms in total. The Morgan fingerprint density at radius 2 is 1.23 bits per heavy atom. The van der Waals surface area contributed by atoms with Crippen LogP contribution in [0.3, 0.4) is 0 Å². The number of quaternary nitrogens is 1. The average Bonchev–Trinajstić information content (AvgIpc) is 2.85. The van der Waals surface area contributed by atoms with Gasteiger partial charge in [-0.1, -0.05) is 90.4 Å². The maximum absolute atomic E-state index is 12.2. The summed E-state index contributed by atoms with van der Waals surface area (Å²) in [6.45, 7) is 5.87. The number of hydrogen-bond acceptors (Lipinski definition) is 6. The van der Waals surface area contributed by atoms with E-state index in [-0.39, 0.29) is 19.0 Å². The third-order valence-electron chi connectivity index (χ3n) is 6.66. The van der Waals surface area contributed by atoms with Gasteiger partial charge in [0.05, 0.1) is 34.4 Å². The van der Waals surface area contributed by atoms with Crippen LogP contribution in [0.5, 0.6) is 0 Å². The van der Waals surface area contributed by atoms with Crippen molar-refractivity contribution in [2.45, 2.75) is 129 Å². The zero-order valence-electron chi connectivity index (χ0n) is 26.1. The van der Waals surface area contributed by atoms with Crippen molar-refractivity contribution in [3.05, 3.63) is 0 Å². The summed E-state index contributed by atoms with van der Waals surface area (Å²) in [5, 5.41) is 0. The Hall–Kier alpha value is -0.340. The first-order chi connectivity index (χ1) is 18.6. The second-order valence-electron chi connectivity index (χ2n) is 11.9. The highest BCUT2D eigenvalue weighted by Crippen LogP contribution is 2.43. The van der Waals surface area contributed by atoms with Crippen molar-refractivity contribution < 1.29 is 37.3 Å². The van der Waals surface area contributed by atoms with Crippen LogP contribution in [-0.4, -0.2) is 82.0 Å². The van der Waals surface area contributed by atoms with Crippen LogP contribution in [0.1, 0.15) is 123 Å². The smallest absolute Gasteiger partial charge is 0.379 e. The van der Waals surface area contributed by atoms with Gasteiger partial charge in [0.2, 0.25) is 0 Å². The van der Waals surface area contributed by atoms with E-state index in [9.17, 15) is 14.3 Å². The van der Waals surface area contributed by atoms with E-state index < -0.39 is 13.9 Å². The lowest BCUT2D eigenvalue weighted by Crippen LogP contribution is -2.37.